The zero-order valence-corrected chi connectivity index (χ0v) is 15.6. The summed E-state index contributed by atoms with van der Waals surface area (Å²) in [7, 11) is -3.07. The van der Waals surface area contributed by atoms with Crippen LogP contribution in [0.5, 0.6) is 11.5 Å². The van der Waals surface area contributed by atoms with E-state index in [9.17, 15) is 17.6 Å². The number of hydrogen-bond donors (Lipinski definition) is 0. The van der Waals surface area contributed by atoms with Crippen LogP contribution in [0.3, 0.4) is 0 Å². The molecule has 1 heterocycles. The Morgan fingerprint density at radius 2 is 1.88 bits per heavy atom. The third-order valence-corrected chi connectivity index (χ3v) is 5.33. The minimum atomic E-state index is -3.07. The molecule has 138 valence electrons. The highest BCUT2D eigenvalue weighted by Crippen LogP contribution is 2.27. The van der Waals surface area contributed by atoms with Crippen molar-refractivity contribution in [2.24, 2.45) is 5.92 Å². The van der Waals surface area contributed by atoms with Crippen molar-refractivity contribution in [1.29, 1.82) is 0 Å². The van der Waals surface area contributed by atoms with E-state index in [4.69, 9.17) is 16.3 Å². The largest absolute Gasteiger partial charge is 0.454 e. The molecule has 5 nitrogen and oxygen atoms in total. The topological polar surface area (TPSA) is 63.7 Å². The van der Waals surface area contributed by atoms with Crippen molar-refractivity contribution in [3.63, 3.8) is 0 Å². The molecule has 0 atom stereocenters. The Kier molecular flexibility index (Phi) is 5.20. The summed E-state index contributed by atoms with van der Waals surface area (Å²) >= 11 is 5.79. The van der Waals surface area contributed by atoms with Crippen LogP contribution in [-0.4, -0.2) is 44.3 Å². The van der Waals surface area contributed by atoms with Crippen molar-refractivity contribution in [3.8, 4) is 11.5 Å². The van der Waals surface area contributed by atoms with Crippen molar-refractivity contribution in [2.75, 3.05) is 25.1 Å². The van der Waals surface area contributed by atoms with Crippen LogP contribution < -0.4 is 4.74 Å². The van der Waals surface area contributed by atoms with E-state index >= 15 is 0 Å². The molecule has 1 saturated heterocycles. The fraction of sp³-hybridized carbons (Fsp3) is 0.278. The lowest BCUT2D eigenvalue weighted by Crippen LogP contribution is -2.52. The Balaban J connectivity index is 1.64. The molecule has 0 bridgehead atoms. The summed E-state index contributed by atoms with van der Waals surface area (Å²) in [5, 5.41) is 0.544. The van der Waals surface area contributed by atoms with E-state index in [2.05, 4.69) is 0 Å². The number of amides is 1. The molecule has 1 aliphatic rings. The molecule has 2 aromatic rings. The van der Waals surface area contributed by atoms with E-state index in [1.54, 1.807) is 24.3 Å². The second-order valence-corrected chi connectivity index (χ2v) is 8.99. The van der Waals surface area contributed by atoms with Crippen LogP contribution in [0, 0.1) is 11.7 Å². The number of ether oxygens (including phenoxy) is 1. The quantitative estimate of drug-likeness (QED) is 0.775. The lowest BCUT2D eigenvalue weighted by Gasteiger charge is -2.39. The molecular weight excluding hydrogens is 381 g/mol. The molecule has 1 aliphatic heterocycles. The van der Waals surface area contributed by atoms with Gasteiger partial charge in [0.25, 0.3) is 5.91 Å². The van der Waals surface area contributed by atoms with Crippen LogP contribution in [0.4, 0.5) is 4.39 Å². The minimum absolute atomic E-state index is 0.00225. The number of rotatable bonds is 5. The number of benzene rings is 2. The molecular formula is C18H17ClFNO4S. The predicted molar refractivity (Wildman–Crippen MR) is 97.0 cm³/mol. The van der Waals surface area contributed by atoms with Gasteiger partial charge in [-0.15, -0.1) is 0 Å². The zero-order chi connectivity index (χ0) is 18.9. The summed E-state index contributed by atoms with van der Waals surface area (Å²) in [6.45, 7) is 0.715. The number of hydrogen-bond acceptors (Lipinski definition) is 4. The molecule has 0 N–H and O–H groups in total. The number of likely N-dealkylation sites (tertiary alicyclic amines) is 1. The lowest BCUT2D eigenvalue weighted by molar-refractivity contribution is 0.0534. The molecule has 3 rings (SSSR count). The molecule has 0 unspecified atom stereocenters. The molecule has 0 spiro atoms. The van der Waals surface area contributed by atoms with Crippen molar-refractivity contribution in [3.05, 3.63) is 58.9 Å². The third kappa shape index (κ3) is 4.53. The first kappa shape index (κ1) is 18.7. The van der Waals surface area contributed by atoms with Crippen LogP contribution in [0.25, 0.3) is 0 Å². The fourth-order valence-corrected chi connectivity index (χ4v) is 3.99. The standard InChI is InChI=1S/C18H17ClFNO4S/c1-26(23,24)11-12-9-21(10-12)18(22)13-2-7-17(16(20)8-13)25-15-5-3-14(19)4-6-15/h2-8,12H,9-11H2,1H3. The van der Waals surface area contributed by atoms with Crippen molar-refractivity contribution in [2.45, 2.75) is 0 Å². The van der Waals surface area contributed by atoms with Crippen molar-refractivity contribution in [1.82, 2.24) is 4.90 Å². The normalized spacial score (nSPS) is 14.8. The van der Waals surface area contributed by atoms with Gasteiger partial charge in [-0.2, -0.15) is 0 Å². The summed E-state index contributed by atoms with van der Waals surface area (Å²) in [5.41, 5.74) is 0.198. The summed E-state index contributed by atoms with van der Waals surface area (Å²) in [4.78, 5) is 13.9. The maximum absolute atomic E-state index is 14.3. The van der Waals surface area contributed by atoms with Crippen LogP contribution in [-0.2, 0) is 9.84 Å². The van der Waals surface area contributed by atoms with Gasteiger partial charge in [-0.1, -0.05) is 11.6 Å². The Morgan fingerprint density at radius 3 is 2.46 bits per heavy atom. The smallest absolute Gasteiger partial charge is 0.253 e. The minimum Gasteiger partial charge on any atom is -0.454 e. The molecule has 0 aromatic heterocycles. The molecule has 0 radical (unpaired) electrons. The summed E-state index contributed by atoms with van der Waals surface area (Å²) < 4.78 is 42.2. The molecule has 2 aromatic carbocycles. The van der Waals surface area contributed by atoms with Gasteiger partial charge in [-0.25, -0.2) is 12.8 Å². The molecule has 1 amide bonds. The van der Waals surface area contributed by atoms with Gasteiger partial charge in [-0.05, 0) is 42.5 Å². The molecule has 1 fully saturated rings. The maximum atomic E-state index is 14.3. The van der Waals surface area contributed by atoms with E-state index in [-0.39, 0.29) is 28.9 Å². The van der Waals surface area contributed by atoms with Gasteiger partial charge in [0.05, 0.1) is 5.75 Å². The van der Waals surface area contributed by atoms with E-state index in [1.807, 2.05) is 0 Å². The highest BCUT2D eigenvalue weighted by atomic mass is 35.5. The fourth-order valence-electron chi connectivity index (χ4n) is 2.80. The van der Waals surface area contributed by atoms with Gasteiger partial charge in [-0.3, -0.25) is 4.79 Å². The van der Waals surface area contributed by atoms with Gasteiger partial charge in [0.15, 0.2) is 11.6 Å². The summed E-state index contributed by atoms with van der Waals surface area (Å²) in [6, 6.07) is 10.5. The Morgan fingerprint density at radius 1 is 1.23 bits per heavy atom. The van der Waals surface area contributed by atoms with Crippen LogP contribution in [0.15, 0.2) is 42.5 Å². The summed E-state index contributed by atoms with van der Waals surface area (Å²) in [6.07, 6.45) is 1.17. The lowest BCUT2D eigenvalue weighted by atomic mass is 10.0. The number of carbonyl (C=O) groups is 1. The second-order valence-electron chi connectivity index (χ2n) is 6.37. The van der Waals surface area contributed by atoms with Gasteiger partial charge in [0, 0.05) is 35.8 Å². The van der Waals surface area contributed by atoms with Gasteiger partial charge in [0.1, 0.15) is 15.6 Å². The average molecular weight is 398 g/mol. The number of carbonyl (C=O) groups excluding carboxylic acids is 1. The summed E-state index contributed by atoms with van der Waals surface area (Å²) in [5.74, 6) is -0.558. The highest BCUT2D eigenvalue weighted by molar-refractivity contribution is 7.90. The third-order valence-electron chi connectivity index (χ3n) is 4.00. The number of sulfone groups is 1. The number of halogens is 2. The van der Waals surface area contributed by atoms with Crippen molar-refractivity contribution >= 4 is 27.3 Å². The Hall–Kier alpha value is -2.12. The van der Waals surface area contributed by atoms with Gasteiger partial charge >= 0.3 is 0 Å². The SMILES string of the molecule is CS(=O)(=O)CC1CN(C(=O)c2ccc(Oc3ccc(Cl)cc3)c(F)c2)C1. The van der Waals surface area contributed by atoms with Gasteiger partial charge < -0.3 is 9.64 Å². The van der Waals surface area contributed by atoms with E-state index < -0.39 is 15.7 Å². The van der Waals surface area contributed by atoms with Gasteiger partial charge in [0.2, 0.25) is 0 Å². The Bertz CT molecular complexity index is 925. The van der Waals surface area contributed by atoms with Crippen molar-refractivity contribution < 1.29 is 22.3 Å². The first-order chi connectivity index (χ1) is 12.2. The van der Waals surface area contributed by atoms with Crippen LogP contribution in [0.2, 0.25) is 5.02 Å². The predicted octanol–water partition coefficient (Wildman–Crippen LogP) is 3.39. The molecule has 8 heteroatoms. The first-order valence-electron chi connectivity index (χ1n) is 7.91. The molecule has 26 heavy (non-hydrogen) atoms. The van der Waals surface area contributed by atoms with Crippen LogP contribution >= 0.6 is 11.6 Å². The van der Waals surface area contributed by atoms with E-state index in [0.29, 0.717) is 23.9 Å². The number of nitrogens with zero attached hydrogens (tertiary/aromatic N) is 1. The Labute approximate surface area is 156 Å². The monoisotopic (exact) mass is 397 g/mol. The second kappa shape index (κ2) is 7.25. The van der Waals surface area contributed by atoms with E-state index in [0.717, 1.165) is 6.07 Å². The zero-order valence-electron chi connectivity index (χ0n) is 14.0. The first-order valence-corrected chi connectivity index (χ1v) is 10.3. The van der Waals surface area contributed by atoms with Crippen LogP contribution in [0.1, 0.15) is 10.4 Å². The maximum Gasteiger partial charge on any atom is 0.253 e. The molecule has 0 saturated carbocycles. The van der Waals surface area contributed by atoms with E-state index in [1.165, 1.54) is 23.3 Å². The average Bonchev–Trinajstić information content (AvgIpc) is 2.53. The highest BCUT2D eigenvalue weighted by Gasteiger charge is 2.33. The molecule has 0 aliphatic carbocycles.